The second kappa shape index (κ2) is 10.9. The molecule has 0 aliphatic heterocycles. The Morgan fingerprint density at radius 2 is 1.76 bits per heavy atom. The van der Waals surface area contributed by atoms with Gasteiger partial charge < -0.3 is 19.8 Å². The van der Waals surface area contributed by atoms with Crippen LogP contribution in [0, 0.1) is 6.92 Å². The highest BCUT2D eigenvalue weighted by Gasteiger charge is 2.25. The summed E-state index contributed by atoms with van der Waals surface area (Å²) in [5.74, 6) is -0.837. The summed E-state index contributed by atoms with van der Waals surface area (Å²) < 4.78 is 10.1. The number of thioether (sulfide) groups is 1. The number of halogens is 1. The van der Waals surface area contributed by atoms with E-state index in [-0.39, 0.29) is 30.6 Å². The van der Waals surface area contributed by atoms with Gasteiger partial charge in [0, 0.05) is 11.4 Å². The molecule has 7 nitrogen and oxygen atoms in total. The third-order valence-corrected chi connectivity index (χ3v) is 5.20. The monoisotopic (exact) mass is 438 g/mol. The lowest BCUT2D eigenvalue weighted by Gasteiger charge is -2.07. The molecule has 0 bridgehead atoms. The number of benzene rings is 1. The molecule has 2 aromatic rings. The van der Waals surface area contributed by atoms with Gasteiger partial charge in [-0.15, -0.1) is 11.8 Å². The number of hydrogen-bond acceptors (Lipinski definition) is 6. The number of carbonyl (C=O) groups excluding carboxylic acids is 3. The minimum atomic E-state index is -0.539. The average molecular weight is 439 g/mol. The fraction of sp³-hybridized carbons (Fsp3) is 0.350. The van der Waals surface area contributed by atoms with E-state index >= 15 is 0 Å². The number of aromatic amines is 1. The smallest absolute Gasteiger partial charge is 0.355 e. The fourth-order valence-corrected chi connectivity index (χ4v) is 3.61. The van der Waals surface area contributed by atoms with E-state index in [9.17, 15) is 14.4 Å². The topological polar surface area (TPSA) is 97.5 Å². The Morgan fingerprint density at radius 1 is 1.10 bits per heavy atom. The van der Waals surface area contributed by atoms with Crippen molar-refractivity contribution in [1.29, 1.82) is 0 Å². The van der Waals surface area contributed by atoms with Crippen molar-refractivity contribution < 1.29 is 23.9 Å². The minimum Gasteiger partial charge on any atom is -0.462 e. The number of para-hydroxylation sites is 1. The molecule has 156 valence electrons. The number of amides is 1. The van der Waals surface area contributed by atoms with E-state index in [1.807, 2.05) is 0 Å². The second-order valence-corrected chi connectivity index (χ2v) is 7.33. The highest BCUT2D eigenvalue weighted by molar-refractivity contribution is 7.99. The van der Waals surface area contributed by atoms with Crippen molar-refractivity contribution in [2.75, 3.05) is 24.3 Å². The first-order chi connectivity index (χ1) is 13.9. The summed E-state index contributed by atoms with van der Waals surface area (Å²) in [5.41, 5.74) is 2.03. The maximum atomic E-state index is 12.4. The van der Waals surface area contributed by atoms with Crippen LogP contribution in [0.15, 0.2) is 24.3 Å². The molecule has 1 heterocycles. The summed E-state index contributed by atoms with van der Waals surface area (Å²) in [5, 5.41) is 3.19. The van der Waals surface area contributed by atoms with Crippen LogP contribution in [-0.2, 0) is 20.0 Å². The Kier molecular flexibility index (Phi) is 8.60. The van der Waals surface area contributed by atoms with Crippen molar-refractivity contribution in [3.8, 4) is 0 Å². The Labute approximate surface area is 178 Å². The fourth-order valence-electron chi connectivity index (χ4n) is 2.65. The number of aromatic nitrogens is 1. The standard InChI is InChI=1S/C20H23ClN2O5S/c1-4-27-19(25)17-12(3)18(20(26)28-5-2)23-15(17)10-29-11-16(24)22-14-9-7-6-8-13(14)21/h6-9,23H,4-5,10-11H2,1-3H3,(H,22,24). The van der Waals surface area contributed by atoms with Crippen molar-refractivity contribution in [3.63, 3.8) is 0 Å². The van der Waals surface area contributed by atoms with Crippen LogP contribution in [0.5, 0.6) is 0 Å². The molecule has 9 heteroatoms. The molecule has 0 saturated heterocycles. The van der Waals surface area contributed by atoms with Gasteiger partial charge in [0.25, 0.3) is 0 Å². The van der Waals surface area contributed by atoms with Crippen LogP contribution < -0.4 is 5.32 Å². The summed E-state index contributed by atoms with van der Waals surface area (Å²) in [7, 11) is 0. The normalized spacial score (nSPS) is 10.5. The van der Waals surface area contributed by atoms with Gasteiger partial charge in [-0.3, -0.25) is 4.79 Å². The van der Waals surface area contributed by atoms with Crippen LogP contribution in [-0.4, -0.2) is 41.8 Å². The zero-order valence-electron chi connectivity index (χ0n) is 16.5. The number of carbonyl (C=O) groups is 3. The molecule has 0 fully saturated rings. The summed E-state index contributed by atoms with van der Waals surface area (Å²) in [4.78, 5) is 39.6. The number of ether oxygens (including phenoxy) is 2. The zero-order chi connectivity index (χ0) is 21.4. The number of rotatable bonds is 9. The number of nitrogens with one attached hydrogen (secondary N) is 2. The van der Waals surface area contributed by atoms with Crippen molar-refractivity contribution >= 4 is 46.9 Å². The molecule has 0 aliphatic carbocycles. The zero-order valence-corrected chi connectivity index (χ0v) is 18.0. The van der Waals surface area contributed by atoms with Crippen LogP contribution in [0.25, 0.3) is 0 Å². The Morgan fingerprint density at radius 3 is 2.41 bits per heavy atom. The third kappa shape index (κ3) is 6.01. The predicted octanol–water partition coefficient (Wildman–Crippen LogP) is 4.20. The first-order valence-electron chi connectivity index (χ1n) is 9.06. The Balaban J connectivity index is 2.09. The number of hydrogen-bond donors (Lipinski definition) is 2. The SMILES string of the molecule is CCOC(=O)c1[nH]c(CSCC(=O)Nc2ccccc2Cl)c(C(=O)OCC)c1C. The molecule has 0 unspecified atom stereocenters. The van der Waals surface area contributed by atoms with Crippen molar-refractivity contribution in [2.24, 2.45) is 0 Å². The first-order valence-corrected chi connectivity index (χ1v) is 10.6. The van der Waals surface area contributed by atoms with Gasteiger partial charge in [-0.2, -0.15) is 0 Å². The van der Waals surface area contributed by atoms with Gasteiger partial charge in [-0.1, -0.05) is 23.7 Å². The van der Waals surface area contributed by atoms with E-state index in [1.165, 1.54) is 11.8 Å². The molecule has 0 radical (unpaired) electrons. The number of anilines is 1. The van der Waals surface area contributed by atoms with E-state index in [1.54, 1.807) is 45.0 Å². The molecule has 0 atom stereocenters. The maximum absolute atomic E-state index is 12.4. The van der Waals surface area contributed by atoms with E-state index in [4.69, 9.17) is 21.1 Å². The molecule has 1 amide bonds. The molecule has 1 aromatic carbocycles. The maximum Gasteiger partial charge on any atom is 0.355 e. The molecule has 29 heavy (non-hydrogen) atoms. The lowest BCUT2D eigenvalue weighted by Crippen LogP contribution is -2.14. The number of H-pyrrole nitrogens is 1. The predicted molar refractivity (Wildman–Crippen MR) is 114 cm³/mol. The molecule has 2 N–H and O–H groups in total. The van der Waals surface area contributed by atoms with Crippen molar-refractivity contribution in [1.82, 2.24) is 4.98 Å². The van der Waals surface area contributed by atoms with Crippen LogP contribution in [0.4, 0.5) is 5.69 Å². The molecule has 0 saturated carbocycles. The lowest BCUT2D eigenvalue weighted by atomic mass is 10.1. The summed E-state index contributed by atoms with van der Waals surface area (Å²) in [6, 6.07) is 6.95. The Bertz CT molecular complexity index is 897. The minimum absolute atomic E-state index is 0.139. The highest BCUT2D eigenvalue weighted by atomic mass is 35.5. The Hall–Kier alpha value is -2.45. The van der Waals surface area contributed by atoms with Gasteiger partial charge in [-0.25, -0.2) is 9.59 Å². The van der Waals surface area contributed by atoms with E-state index in [0.29, 0.717) is 33.3 Å². The largest absolute Gasteiger partial charge is 0.462 e. The third-order valence-electron chi connectivity index (χ3n) is 3.91. The molecule has 0 spiro atoms. The lowest BCUT2D eigenvalue weighted by molar-refractivity contribution is -0.113. The molecule has 0 aliphatic rings. The molecular weight excluding hydrogens is 416 g/mol. The van der Waals surface area contributed by atoms with E-state index in [2.05, 4.69) is 10.3 Å². The van der Waals surface area contributed by atoms with Crippen LogP contribution >= 0.6 is 23.4 Å². The van der Waals surface area contributed by atoms with Crippen molar-refractivity contribution in [3.05, 3.63) is 51.8 Å². The van der Waals surface area contributed by atoms with Crippen LogP contribution in [0.3, 0.4) is 0 Å². The van der Waals surface area contributed by atoms with Crippen molar-refractivity contribution in [2.45, 2.75) is 26.5 Å². The first kappa shape index (κ1) is 22.8. The average Bonchev–Trinajstić information content (AvgIpc) is 3.00. The van der Waals surface area contributed by atoms with Gasteiger partial charge in [-0.05, 0) is 38.5 Å². The van der Waals surface area contributed by atoms with Crippen LogP contribution in [0.1, 0.15) is 46.0 Å². The van der Waals surface area contributed by atoms with Crippen LogP contribution in [0.2, 0.25) is 5.02 Å². The second-order valence-electron chi connectivity index (χ2n) is 5.94. The molecular formula is C20H23ClN2O5S. The van der Waals surface area contributed by atoms with E-state index in [0.717, 1.165) is 0 Å². The van der Waals surface area contributed by atoms with Gasteiger partial charge >= 0.3 is 11.9 Å². The number of esters is 2. The van der Waals surface area contributed by atoms with E-state index < -0.39 is 11.9 Å². The van der Waals surface area contributed by atoms with Gasteiger partial charge in [0.1, 0.15) is 5.69 Å². The van der Waals surface area contributed by atoms with Gasteiger partial charge in [0.05, 0.1) is 35.2 Å². The van der Waals surface area contributed by atoms with Gasteiger partial charge in [0.2, 0.25) is 5.91 Å². The van der Waals surface area contributed by atoms with Gasteiger partial charge in [0.15, 0.2) is 0 Å². The summed E-state index contributed by atoms with van der Waals surface area (Å²) in [6.45, 7) is 5.51. The summed E-state index contributed by atoms with van der Waals surface area (Å²) >= 11 is 7.33. The molecule has 1 aromatic heterocycles. The summed E-state index contributed by atoms with van der Waals surface area (Å²) in [6.07, 6.45) is 0. The quantitative estimate of drug-likeness (QED) is 0.569. The molecule has 2 rings (SSSR count). The highest BCUT2D eigenvalue weighted by Crippen LogP contribution is 2.25.